The Kier molecular flexibility index (Phi) is 8.77. The SMILES string of the molecule is Cc1c(-c2nc3ccc(CN4CCCC4)cc3o2)cccc1-c1cccc(-c2nc3cc(CN4CCC[C@H]4C(=O)O)c(OC(F)F)cc3o2)c1C. The van der Waals surface area contributed by atoms with E-state index in [0.717, 1.165) is 64.1 Å². The summed E-state index contributed by atoms with van der Waals surface area (Å²) in [7, 11) is 0. The number of likely N-dealkylation sites (tertiary alicyclic amines) is 2. The monoisotopic (exact) mass is 692 g/mol. The molecule has 2 aliphatic rings. The number of benzene rings is 4. The Bertz CT molecular complexity index is 2260. The van der Waals surface area contributed by atoms with E-state index in [2.05, 4.69) is 30.0 Å². The molecule has 51 heavy (non-hydrogen) atoms. The van der Waals surface area contributed by atoms with Gasteiger partial charge in [0.05, 0.1) is 0 Å². The largest absolute Gasteiger partial charge is 0.480 e. The van der Waals surface area contributed by atoms with Gasteiger partial charge >= 0.3 is 12.6 Å². The fourth-order valence-corrected chi connectivity index (χ4v) is 7.66. The number of carboxylic acid groups (broad SMARTS) is 1. The van der Waals surface area contributed by atoms with Crippen molar-refractivity contribution < 1.29 is 32.3 Å². The average Bonchev–Trinajstić information content (AvgIpc) is 3.92. The number of halogens is 2. The van der Waals surface area contributed by atoms with Gasteiger partial charge in [-0.2, -0.15) is 8.78 Å². The summed E-state index contributed by atoms with van der Waals surface area (Å²) in [6, 6.07) is 20.6. The molecule has 2 fully saturated rings. The molecule has 1 N–H and O–H groups in total. The number of nitrogens with zero attached hydrogens (tertiary/aromatic N) is 4. The molecule has 0 radical (unpaired) electrons. The molecule has 0 unspecified atom stereocenters. The number of carboxylic acids is 1. The molecule has 0 bridgehead atoms. The fraction of sp³-hybridized carbons (Fsp3) is 0.325. The van der Waals surface area contributed by atoms with Crippen LogP contribution in [0.25, 0.3) is 56.2 Å². The van der Waals surface area contributed by atoms with Gasteiger partial charge in [0.15, 0.2) is 11.2 Å². The molecule has 0 amide bonds. The lowest BCUT2D eigenvalue weighted by Gasteiger charge is -2.22. The Hall–Kier alpha value is -5.13. The summed E-state index contributed by atoms with van der Waals surface area (Å²) in [5, 5.41) is 9.65. The number of hydrogen-bond donors (Lipinski definition) is 1. The minimum absolute atomic E-state index is 0.0591. The highest BCUT2D eigenvalue weighted by atomic mass is 19.3. The summed E-state index contributed by atoms with van der Waals surface area (Å²) in [6.45, 7) is 4.87. The van der Waals surface area contributed by atoms with Gasteiger partial charge in [0.25, 0.3) is 0 Å². The van der Waals surface area contributed by atoms with Crippen molar-refractivity contribution in [2.24, 2.45) is 0 Å². The Morgan fingerprint density at radius 2 is 1.45 bits per heavy atom. The molecule has 2 saturated heterocycles. The van der Waals surface area contributed by atoms with E-state index in [9.17, 15) is 18.7 Å². The van der Waals surface area contributed by atoms with E-state index in [0.29, 0.717) is 47.8 Å². The standard InChI is InChI=1S/C40H38F2N4O5/c1-23-27(8-5-10-29(23)37-43-31-14-13-25(18-35(31)49-37)21-45-15-3-4-16-45)28-9-6-11-30(24(28)2)38-44-32-19-26(22-46-17-7-12-33(46)39(47)48)34(51-40(41)42)20-36(32)50-38/h5-6,8-11,13-14,18-20,33,40H,3-4,7,12,15-17,21-22H2,1-2H3,(H,47,48)/t33-/m0/s1. The van der Waals surface area contributed by atoms with Crippen LogP contribution in [0, 0.1) is 13.8 Å². The number of oxazole rings is 2. The maximum absolute atomic E-state index is 13.5. The molecule has 9 nitrogen and oxygen atoms in total. The third-order valence-electron chi connectivity index (χ3n) is 10.3. The quantitative estimate of drug-likeness (QED) is 0.151. The molecular formula is C40H38F2N4O5. The molecule has 2 aromatic heterocycles. The summed E-state index contributed by atoms with van der Waals surface area (Å²) in [5.74, 6) is -0.0834. The van der Waals surface area contributed by atoms with Crippen LogP contribution >= 0.6 is 0 Å². The Morgan fingerprint density at radius 3 is 2.10 bits per heavy atom. The molecule has 262 valence electrons. The third-order valence-corrected chi connectivity index (χ3v) is 10.3. The highest BCUT2D eigenvalue weighted by Gasteiger charge is 2.31. The molecule has 8 rings (SSSR count). The Morgan fingerprint density at radius 1 is 0.824 bits per heavy atom. The summed E-state index contributed by atoms with van der Waals surface area (Å²) >= 11 is 0. The average molecular weight is 693 g/mol. The normalized spacial score (nSPS) is 17.0. The van der Waals surface area contributed by atoms with Gasteiger partial charge in [0.2, 0.25) is 11.8 Å². The van der Waals surface area contributed by atoms with Crippen LogP contribution in [0.5, 0.6) is 5.75 Å². The minimum atomic E-state index is -3.05. The van der Waals surface area contributed by atoms with E-state index in [1.54, 1.807) is 11.0 Å². The molecule has 2 aliphatic heterocycles. The zero-order chi connectivity index (χ0) is 35.2. The van der Waals surface area contributed by atoms with Crippen molar-refractivity contribution >= 4 is 28.2 Å². The molecule has 6 aromatic rings. The number of rotatable bonds is 10. The van der Waals surface area contributed by atoms with Crippen LogP contribution in [0.15, 0.2) is 75.6 Å². The second kappa shape index (κ2) is 13.5. The van der Waals surface area contributed by atoms with E-state index in [4.69, 9.17) is 23.5 Å². The second-order valence-electron chi connectivity index (χ2n) is 13.6. The van der Waals surface area contributed by atoms with Gasteiger partial charge < -0.3 is 18.7 Å². The van der Waals surface area contributed by atoms with E-state index in [-0.39, 0.29) is 12.3 Å². The summed E-state index contributed by atoms with van der Waals surface area (Å²) in [5.41, 5.74) is 9.59. The van der Waals surface area contributed by atoms with Crippen LogP contribution in [0.4, 0.5) is 8.78 Å². The van der Waals surface area contributed by atoms with E-state index in [1.165, 1.54) is 24.5 Å². The Labute approximate surface area is 293 Å². The van der Waals surface area contributed by atoms with Crippen molar-refractivity contribution in [3.63, 3.8) is 0 Å². The van der Waals surface area contributed by atoms with Gasteiger partial charge in [-0.05, 0) is 117 Å². The molecule has 1 atom stereocenters. The first-order chi connectivity index (χ1) is 24.7. The lowest BCUT2D eigenvalue weighted by molar-refractivity contribution is -0.142. The first-order valence-electron chi connectivity index (χ1n) is 17.4. The molecule has 0 aliphatic carbocycles. The van der Waals surface area contributed by atoms with Crippen molar-refractivity contribution in [2.75, 3.05) is 19.6 Å². The van der Waals surface area contributed by atoms with Crippen LogP contribution < -0.4 is 4.74 Å². The summed E-state index contributed by atoms with van der Waals surface area (Å²) < 4.78 is 44.3. The van der Waals surface area contributed by atoms with Gasteiger partial charge in [-0.15, -0.1) is 0 Å². The van der Waals surface area contributed by atoms with E-state index >= 15 is 0 Å². The Balaban J connectivity index is 1.12. The van der Waals surface area contributed by atoms with Crippen molar-refractivity contribution in [1.29, 1.82) is 0 Å². The van der Waals surface area contributed by atoms with Crippen molar-refractivity contribution in [2.45, 2.75) is 65.3 Å². The first kappa shape index (κ1) is 33.0. The first-order valence-corrected chi connectivity index (χ1v) is 17.4. The van der Waals surface area contributed by atoms with Crippen molar-refractivity contribution in [1.82, 2.24) is 19.8 Å². The van der Waals surface area contributed by atoms with Crippen LogP contribution in [0.2, 0.25) is 0 Å². The van der Waals surface area contributed by atoms with Gasteiger partial charge in [-0.25, -0.2) is 9.97 Å². The molecule has 0 saturated carbocycles. The maximum Gasteiger partial charge on any atom is 0.387 e. The molecular weight excluding hydrogens is 654 g/mol. The van der Waals surface area contributed by atoms with Gasteiger partial charge in [-0.3, -0.25) is 14.6 Å². The lowest BCUT2D eigenvalue weighted by Crippen LogP contribution is -2.35. The lowest BCUT2D eigenvalue weighted by atomic mass is 9.91. The van der Waals surface area contributed by atoms with Crippen LogP contribution in [-0.4, -0.2) is 63.1 Å². The minimum Gasteiger partial charge on any atom is -0.480 e. The zero-order valence-electron chi connectivity index (χ0n) is 28.5. The number of ether oxygens (including phenoxy) is 1. The molecule has 4 aromatic carbocycles. The van der Waals surface area contributed by atoms with Crippen molar-refractivity contribution in [3.05, 3.63) is 89.0 Å². The highest BCUT2D eigenvalue weighted by molar-refractivity contribution is 5.85. The summed E-state index contributed by atoms with van der Waals surface area (Å²) in [6.07, 6.45) is 3.71. The zero-order valence-corrected chi connectivity index (χ0v) is 28.5. The molecule has 11 heteroatoms. The summed E-state index contributed by atoms with van der Waals surface area (Å²) in [4.78, 5) is 25.6. The van der Waals surface area contributed by atoms with Crippen molar-refractivity contribution in [3.8, 4) is 39.8 Å². The molecule has 0 spiro atoms. The maximum atomic E-state index is 13.5. The van der Waals surface area contributed by atoms with E-state index < -0.39 is 18.6 Å². The number of carbonyl (C=O) groups is 1. The second-order valence-corrected chi connectivity index (χ2v) is 13.6. The number of aromatic nitrogens is 2. The third kappa shape index (κ3) is 6.47. The number of alkyl halides is 2. The number of aliphatic carboxylic acids is 1. The highest BCUT2D eigenvalue weighted by Crippen LogP contribution is 2.39. The smallest absolute Gasteiger partial charge is 0.387 e. The fourth-order valence-electron chi connectivity index (χ4n) is 7.66. The van der Waals surface area contributed by atoms with Gasteiger partial charge in [-0.1, -0.05) is 30.3 Å². The van der Waals surface area contributed by atoms with Crippen LogP contribution in [0.1, 0.15) is 47.9 Å². The van der Waals surface area contributed by atoms with Crippen LogP contribution in [0.3, 0.4) is 0 Å². The molecule has 4 heterocycles. The van der Waals surface area contributed by atoms with Gasteiger partial charge in [0.1, 0.15) is 22.8 Å². The van der Waals surface area contributed by atoms with Crippen LogP contribution in [-0.2, 0) is 17.9 Å². The van der Waals surface area contributed by atoms with E-state index in [1.807, 2.05) is 43.3 Å². The number of fused-ring (bicyclic) bond motifs is 2. The van der Waals surface area contributed by atoms with Gasteiger partial charge in [0, 0.05) is 35.8 Å². The number of hydrogen-bond acceptors (Lipinski definition) is 8. The topological polar surface area (TPSA) is 105 Å². The predicted molar refractivity (Wildman–Crippen MR) is 190 cm³/mol. The predicted octanol–water partition coefficient (Wildman–Crippen LogP) is 8.83.